The van der Waals surface area contributed by atoms with E-state index in [9.17, 15) is 32.3 Å². The first-order valence-electron chi connectivity index (χ1n) is 19.8. The molecule has 6 rings (SSSR count). The third kappa shape index (κ3) is 11.6. The fraction of sp³-hybridized carbons (Fsp3) is 0.590. The molecule has 2 aromatic rings. The number of benzene rings is 2. The quantitative estimate of drug-likeness (QED) is 0.148. The van der Waals surface area contributed by atoms with Crippen molar-refractivity contribution in [3.8, 4) is 0 Å². The van der Waals surface area contributed by atoms with Crippen LogP contribution in [0.1, 0.15) is 42.4 Å². The second-order valence-electron chi connectivity index (χ2n) is 15.0. The molecule has 4 aliphatic heterocycles. The van der Waals surface area contributed by atoms with Crippen molar-refractivity contribution in [1.82, 2.24) is 30.7 Å². The zero-order valence-corrected chi connectivity index (χ0v) is 33.0. The summed E-state index contributed by atoms with van der Waals surface area (Å²) in [5, 5.41) is 11.8. The Hall–Kier alpha value is -4.36. The lowest BCUT2D eigenvalue weighted by Gasteiger charge is -2.37. The molecule has 58 heavy (non-hydrogen) atoms. The largest absolute Gasteiger partial charge is 0.463 e. The molecule has 2 aromatic carbocycles. The number of halogens is 4. The number of nitrogens with two attached hydrogens (primary N) is 1. The van der Waals surface area contributed by atoms with Gasteiger partial charge in [0.15, 0.2) is 6.10 Å². The lowest BCUT2D eigenvalue weighted by atomic mass is 10.0. The van der Waals surface area contributed by atoms with Crippen molar-refractivity contribution in [2.75, 3.05) is 89.8 Å². The average molecular weight is 837 g/mol. The van der Waals surface area contributed by atoms with E-state index >= 15 is 0 Å². The minimum Gasteiger partial charge on any atom is -0.463 e. The van der Waals surface area contributed by atoms with Crippen molar-refractivity contribution in [2.24, 2.45) is 0 Å². The number of urea groups is 1. The number of nitrogen functional groups attached to an aromatic ring is 1. The minimum atomic E-state index is -4.86. The highest BCUT2D eigenvalue weighted by molar-refractivity contribution is 6.33. The zero-order valence-electron chi connectivity index (χ0n) is 32.3. The van der Waals surface area contributed by atoms with E-state index in [1.165, 1.54) is 11.0 Å². The monoisotopic (exact) mass is 836 g/mol. The molecule has 0 aliphatic carbocycles. The molecule has 3 fully saturated rings. The number of alkyl halides is 3. The summed E-state index contributed by atoms with van der Waals surface area (Å²) in [4.78, 5) is 59.7. The highest BCUT2D eigenvalue weighted by Crippen LogP contribution is 2.38. The Morgan fingerprint density at radius 1 is 1.02 bits per heavy atom. The molecule has 2 atom stereocenters. The van der Waals surface area contributed by atoms with E-state index in [-0.39, 0.29) is 54.9 Å². The molecule has 4 aliphatic rings. The number of amides is 4. The fourth-order valence-corrected chi connectivity index (χ4v) is 7.93. The van der Waals surface area contributed by atoms with Gasteiger partial charge < -0.3 is 51.0 Å². The van der Waals surface area contributed by atoms with Crippen LogP contribution in [0.3, 0.4) is 0 Å². The van der Waals surface area contributed by atoms with Gasteiger partial charge in [0.2, 0.25) is 0 Å². The van der Waals surface area contributed by atoms with Crippen LogP contribution < -0.4 is 27.0 Å². The second kappa shape index (κ2) is 20.1. The maximum atomic E-state index is 14.1. The number of carbonyl (C=O) groups excluding carboxylic acids is 4. The van der Waals surface area contributed by atoms with Gasteiger partial charge in [-0.15, -0.1) is 0 Å². The molecule has 0 unspecified atom stereocenters. The molecule has 15 nitrogen and oxygen atoms in total. The van der Waals surface area contributed by atoms with Crippen molar-refractivity contribution >= 4 is 47.0 Å². The molecule has 4 heterocycles. The number of fused-ring (bicyclic) bond motifs is 1. The number of morpholine rings is 1. The average Bonchev–Trinajstić information content (AvgIpc) is 3.38. The normalized spacial score (nSPS) is 19.7. The lowest BCUT2D eigenvalue weighted by Crippen LogP contribution is -2.55. The Balaban J connectivity index is 1.15. The molecule has 0 saturated carbocycles. The molecule has 19 heteroatoms. The van der Waals surface area contributed by atoms with Crippen LogP contribution in [-0.2, 0) is 42.8 Å². The van der Waals surface area contributed by atoms with Gasteiger partial charge in [0, 0.05) is 70.0 Å². The van der Waals surface area contributed by atoms with Crippen molar-refractivity contribution in [3.05, 3.63) is 58.1 Å². The Labute approximate surface area is 340 Å². The molecule has 0 spiro atoms. The third-order valence-electron chi connectivity index (χ3n) is 11.1. The van der Waals surface area contributed by atoms with Gasteiger partial charge in [-0.3, -0.25) is 9.69 Å². The summed E-state index contributed by atoms with van der Waals surface area (Å²) < 4.78 is 58.6. The summed E-state index contributed by atoms with van der Waals surface area (Å²) in [6.45, 7) is 5.47. The summed E-state index contributed by atoms with van der Waals surface area (Å²) in [6.07, 6.45) is -4.81. The molecular weight excluding hydrogens is 785 g/mol. The van der Waals surface area contributed by atoms with E-state index in [2.05, 4.69) is 26.2 Å². The van der Waals surface area contributed by atoms with E-state index in [0.717, 1.165) is 43.2 Å². The summed E-state index contributed by atoms with van der Waals surface area (Å²) in [5.74, 6) is -1.63. The van der Waals surface area contributed by atoms with Gasteiger partial charge >= 0.3 is 24.3 Å². The van der Waals surface area contributed by atoms with Gasteiger partial charge in [-0.1, -0.05) is 29.8 Å². The van der Waals surface area contributed by atoms with Crippen LogP contribution in [0.4, 0.5) is 34.1 Å². The molecule has 0 aromatic heterocycles. The first-order valence-corrected chi connectivity index (χ1v) is 20.2. The second-order valence-corrected chi connectivity index (χ2v) is 15.4. The maximum absolute atomic E-state index is 14.1. The Morgan fingerprint density at radius 2 is 1.74 bits per heavy atom. The number of rotatable bonds is 13. The summed E-state index contributed by atoms with van der Waals surface area (Å²) in [5.41, 5.74) is 5.52. The van der Waals surface area contributed by atoms with Gasteiger partial charge in [-0.2, -0.15) is 13.2 Å². The van der Waals surface area contributed by atoms with Crippen LogP contribution >= 0.6 is 11.6 Å². The lowest BCUT2D eigenvalue weighted by molar-refractivity contribution is -0.149. The fourth-order valence-electron chi connectivity index (χ4n) is 7.69. The number of ether oxygens (including phenoxy) is 3. The molecule has 4 amide bonds. The van der Waals surface area contributed by atoms with Gasteiger partial charge in [-0.25, -0.2) is 14.4 Å². The van der Waals surface area contributed by atoms with Crippen LogP contribution in [-0.4, -0.2) is 142 Å². The SMILES string of the molecule is Nc1c(Cl)cc(C[C@@H](OC(=O)N2CCC(N3CCc4ccccc4NC3=O)CC2)C(=O)N[C@@H](CNC2CCNCC2)C(=O)OCCN2CCOCC2)cc1C(F)(F)F. The van der Waals surface area contributed by atoms with Gasteiger partial charge in [0.1, 0.15) is 12.6 Å². The number of likely N-dealkylation sites (tertiary alicyclic amines) is 1. The van der Waals surface area contributed by atoms with E-state index in [1.54, 1.807) is 4.90 Å². The number of hydrogen-bond donors (Lipinski definition) is 5. The molecule has 6 N–H and O–H groups in total. The van der Waals surface area contributed by atoms with Crippen molar-refractivity contribution < 1.29 is 46.6 Å². The minimum absolute atomic E-state index is 0.00204. The molecular formula is C39H52ClF3N8O7. The zero-order chi connectivity index (χ0) is 41.2. The number of nitrogens with one attached hydrogen (secondary N) is 4. The van der Waals surface area contributed by atoms with Gasteiger partial charge in [0.05, 0.1) is 29.5 Å². The van der Waals surface area contributed by atoms with Crippen molar-refractivity contribution in [3.63, 3.8) is 0 Å². The van der Waals surface area contributed by atoms with E-state index in [0.29, 0.717) is 58.7 Å². The van der Waals surface area contributed by atoms with E-state index in [4.69, 9.17) is 31.5 Å². The van der Waals surface area contributed by atoms with Crippen LogP contribution in [0.2, 0.25) is 5.02 Å². The molecule has 0 bridgehead atoms. The molecule has 318 valence electrons. The number of esters is 1. The van der Waals surface area contributed by atoms with Crippen LogP contribution in [0.5, 0.6) is 0 Å². The topological polar surface area (TPSA) is 180 Å². The van der Waals surface area contributed by atoms with Crippen molar-refractivity contribution in [2.45, 2.75) is 68.9 Å². The van der Waals surface area contributed by atoms with Crippen LogP contribution in [0.15, 0.2) is 36.4 Å². The first kappa shape index (κ1) is 43.2. The predicted octanol–water partition coefficient (Wildman–Crippen LogP) is 3.25. The highest BCUT2D eigenvalue weighted by Gasteiger charge is 2.37. The summed E-state index contributed by atoms with van der Waals surface area (Å²) in [7, 11) is 0. The maximum Gasteiger partial charge on any atom is 0.418 e. The molecule has 0 radical (unpaired) electrons. The van der Waals surface area contributed by atoms with E-state index in [1.807, 2.05) is 24.3 Å². The van der Waals surface area contributed by atoms with Crippen LogP contribution in [0, 0.1) is 0 Å². The summed E-state index contributed by atoms with van der Waals surface area (Å²) >= 11 is 6.13. The standard InChI is InChI=1S/C39H52ClF3N8O7/c40-30-22-25(21-29(34(30)44)39(41,42)43)23-33(58-38(55)50-12-8-28(9-13-50)51-14-7-26-3-1-2-4-31(26)48-37(51)54)35(52)47-32(24-46-27-5-10-45-11-6-27)36(53)57-20-17-49-15-18-56-19-16-49/h1-4,21-22,27-28,32-33,45-46H,5-20,23-24,44H2,(H,47,52)(H,48,54)/t32-,33+/m0/s1. The number of anilines is 2. The highest BCUT2D eigenvalue weighted by atomic mass is 35.5. The van der Waals surface area contributed by atoms with Crippen molar-refractivity contribution in [1.29, 1.82) is 0 Å². The molecule has 3 saturated heterocycles. The Bertz CT molecular complexity index is 1750. The first-order chi connectivity index (χ1) is 27.9. The van der Waals surface area contributed by atoms with Crippen LogP contribution in [0.25, 0.3) is 0 Å². The summed E-state index contributed by atoms with van der Waals surface area (Å²) in [6, 6.07) is 8.00. The smallest absolute Gasteiger partial charge is 0.418 e. The Kier molecular flexibility index (Phi) is 15.0. The van der Waals surface area contributed by atoms with Gasteiger partial charge in [-0.05, 0) is 74.5 Å². The predicted molar refractivity (Wildman–Crippen MR) is 209 cm³/mol. The van der Waals surface area contributed by atoms with Gasteiger partial charge in [0.25, 0.3) is 5.91 Å². The number of hydrogen-bond acceptors (Lipinski definition) is 11. The van der Waals surface area contributed by atoms with E-state index < -0.39 is 54.0 Å². The number of piperidine rings is 2. The number of nitrogens with zero attached hydrogens (tertiary/aromatic N) is 3. The number of para-hydroxylation sites is 1. The Morgan fingerprint density at radius 3 is 2.47 bits per heavy atom. The number of carbonyl (C=O) groups is 4. The third-order valence-corrected chi connectivity index (χ3v) is 11.4.